The van der Waals surface area contributed by atoms with E-state index >= 15 is 0 Å². The number of carbonyl (C=O) groups is 1. The maximum Gasteiger partial charge on any atom is 0.253 e. The maximum absolute atomic E-state index is 12.3. The molecule has 2 rings (SSSR count). The lowest BCUT2D eigenvalue weighted by molar-refractivity contribution is 0.0950. The number of amides is 1. The van der Waals surface area contributed by atoms with E-state index in [1.807, 2.05) is 26.8 Å². The molecule has 0 bridgehead atoms. The molecule has 0 aliphatic heterocycles. The number of nitrogens with one attached hydrogen (secondary N) is 2. The zero-order chi connectivity index (χ0) is 17.7. The van der Waals surface area contributed by atoms with Gasteiger partial charge >= 0.3 is 0 Å². The molecule has 0 fully saturated rings. The van der Waals surface area contributed by atoms with E-state index in [4.69, 9.17) is 9.47 Å². The highest BCUT2D eigenvalue weighted by molar-refractivity contribution is 5.94. The standard InChI is InChI=1S/C18H22N2O4/c1-5-24-15-7-6-13(9-16(15)23-4)17(21)19-10-14-11(2)8-12(3)20-18(14)22/h6-9H,5,10H2,1-4H3,(H,19,21)(H,20,22). The van der Waals surface area contributed by atoms with E-state index in [-0.39, 0.29) is 18.0 Å². The van der Waals surface area contributed by atoms with E-state index in [0.717, 1.165) is 11.3 Å². The van der Waals surface area contributed by atoms with Crippen molar-refractivity contribution in [2.24, 2.45) is 0 Å². The Labute approximate surface area is 140 Å². The first-order valence-electron chi connectivity index (χ1n) is 7.74. The first-order chi connectivity index (χ1) is 11.5. The van der Waals surface area contributed by atoms with Crippen molar-refractivity contribution in [3.05, 3.63) is 57.0 Å². The fraction of sp³-hybridized carbons (Fsp3) is 0.333. The lowest BCUT2D eigenvalue weighted by Crippen LogP contribution is -2.27. The normalized spacial score (nSPS) is 10.3. The van der Waals surface area contributed by atoms with Gasteiger partial charge in [0, 0.05) is 23.4 Å². The van der Waals surface area contributed by atoms with Gasteiger partial charge in [-0.2, -0.15) is 0 Å². The summed E-state index contributed by atoms with van der Waals surface area (Å²) in [6, 6.07) is 6.85. The topological polar surface area (TPSA) is 80.4 Å². The van der Waals surface area contributed by atoms with Crippen LogP contribution in [-0.4, -0.2) is 24.6 Å². The quantitative estimate of drug-likeness (QED) is 0.852. The van der Waals surface area contributed by atoms with Gasteiger partial charge in [0.15, 0.2) is 11.5 Å². The van der Waals surface area contributed by atoms with Gasteiger partial charge in [-0.1, -0.05) is 0 Å². The molecule has 0 spiro atoms. The molecule has 2 N–H and O–H groups in total. The number of rotatable bonds is 6. The molecule has 2 aromatic rings. The molecule has 0 unspecified atom stereocenters. The molecule has 0 aliphatic carbocycles. The summed E-state index contributed by atoms with van der Waals surface area (Å²) in [5.41, 5.74) is 2.45. The summed E-state index contributed by atoms with van der Waals surface area (Å²) in [5, 5.41) is 2.76. The molecule has 24 heavy (non-hydrogen) atoms. The van der Waals surface area contributed by atoms with Gasteiger partial charge in [0.25, 0.3) is 11.5 Å². The molecule has 0 saturated heterocycles. The molecule has 1 aromatic heterocycles. The van der Waals surface area contributed by atoms with Crippen LogP contribution in [0.25, 0.3) is 0 Å². The van der Waals surface area contributed by atoms with Gasteiger partial charge in [0.2, 0.25) is 0 Å². The van der Waals surface area contributed by atoms with E-state index in [1.54, 1.807) is 18.2 Å². The number of H-pyrrole nitrogens is 1. The van der Waals surface area contributed by atoms with Crippen molar-refractivity contribution < 1.29 is 14.3 Å². The van der Waals surface area contributed by atoms with Crippen LogP contribution in [0, 0.1) is 13.8 Å². The van der Waals surface area contributed by atoms with E-state index in [1.165, 1.54) is 7.11 Å². The van der Waals surface area contributed by atoms with Crippen LogP contribution in [0.1, 0.15) is 34.1 Å². The Balaban J connectivity index is 2.15. The monoisotopic (exact) mass is 330 g/mol. The number of aryl methyl sites for hydroxylation is 2. The SMILES string of the molecule is CCOc1ccc(C(=O)NCc2c(C)cc(C)[nH]c2=O)cc1OC. The second kappa shape index (κ2) is 7.68. The molecule has 0 radical (unpaired) electrons. The minimum atomic E-state index is -0.282. The Morgan fingerprint density at radius 3 is 2.58 bits per heavy atom. The van der Waals surface area contributed by atoms with Gasteiger partial charge < -0.3 is 19.8 Å². The van der Waals surface area contributed by atoms with Crippen LogP contribution < -0.4 is 20.3 Å². The molecule has 0 atom stereocenters. The fourth-order valence-electron chi connectivity index (χ4n) is 2.46. The summed E-state index contributed by atoms with van der Waals surface area (Å²) in [6.07, 6.45) is 0. The summed E-state index contributed by atoms with van der Waals surface area (Å²) < 4.78 is 10.7. The second-order valence-corrected chi connectivity index (χ2v) is 5.42. The van der Waals surface area contributed by atoms with Gasteiger partial charge in [-0.25, -0.2) is 0 Å². The van der Waals surface area contributed by atoms with Crippen molar-refractivity contribution in [3.63, 3.8) is 0 Å². The highest BCUT2D eigenvalue weighted by Gasteiger charge is 2.12. The number of benzene rings is 1. The summed E-state index contributed by atoms with van der Waals surface area (Å²) in [7, 11) is 1.52. The highest BCUT2D eigenvalue weighted by Crippen LogP contribution is 2.28. The van der Waals surface area contributed by atoms with Crippen LogP contribution in [0.2, 0.25) is 0 Å². The zero-order valence-electron chi connectivity index (χ0n) is 14.4. The Morgan fingerprint density at radius 2 is 1.96 bits per heavy atom. The lowest BCUT2D eigenvalue weighted by atomic mass is 10.1. The molecule has 6 nitrogen and oxygen atoms in total. The predicted octanol–water partition coefficient (Wildman–Crippen LogP) is 2.33. The largest absolute Gasteiger partial charge is 0.493 e. The van der Waals surface area contributed by atoms with Crippen LogP contribution in [-0.2, 0) is 6.54 Å². The van der Waals surface area contributed by atoms with Gasteiger partial charge in [-0.05, 0) is 50.6 Å². The molecule has 0 aliphatic rings. The van der Waals surface area contributed by atoms with E-state index in [0.29, 0.717) is 29.2 Å². The molecule has 6 heteroatoms. The third kappa shape index (κ3) is 3.95. The Kier molecular flexibility index (Phi) is 5.63. The van der Waals surface area contributed by atoms with Crippen LogP contribution in [0.15, 0.2) is 29.1 Å². The summed E-state index contributed by atoms with van der Waals surface area (Å²) in [6.45, 7) is 6.22. The van der Waals surface area contributed by atoms with Crippen LogP contribution in [0.4, 0.5) is 0 Å². The molecule has 128 valence electrons. The first kappa shape index (κ1) is 17.6. The van der Waals surface area contributed by atoms with Crippen molar-refractivity contribution in [2.45, 2.75) is 27.3 Å². The number of aromatic nitrogens is 1. The van der Waals surface area contributed by atoms with Gasteiger partial charge in [-0.3, -0.25) is 9.59 Å². The summed E-state index contributed by atoms with van der Waals surface area (Å²) in [5.74, 6) is 0.798. The summed E-state index contributed by atoms with van der Waals surface area (Å²) in [4.78, 5) is 27.0. The number of carbonyl (C=O) groups excluding carboxylic acids is 1. The number of ether oxygens (including phenoxy) is 2. The number of hydrogen-bond acceptors (Lipinski definition) is 4. The Bertz CT molecular complexity index is 796. The minimum Gasteiger partial charge on any atom is -0.493 e. The molecule has 1 aromatic carbocycles. The van der Waals surface area contributed by atoms with Gasteiger partial charge in [0.1, 0.15) is 0 Å². The average molecular weight is 330 g/mol. The van der Waals surface area contributed by atoms with Crippen LogP contribution >= 0.6 is 0 Å². The van der Waals surface area contributed by atoms with Crippen molar-refractivity contribution in [1.82, 2.24) is 10.3 Å². The number of pyridine rings is 1. The second-order valence-electron chi connectivity index (χ2n) is 5.42. The molecular weight excluding hydrogens is 308 g/mol. The third-order valence-electron chi connectivity index (χ3n) is 3.65. The van der Waals surface area contributed by atoms with Crippen molar-refractivity contribution in [1.29, 1.82) is 0 Å². The number of aromatic amines is 1. The first-order valence-corrected chi connectivity index (χ1v) is 7.74. The molecule has 1 amide bonds. The smallest absolute Gasteiger partial charge is 0.253 e. The average Bonchev–Trinajstić information content (AvgIpc) is 2.54. The molecular formula is C18H22N2O4. The van der Waals surface area contributed by atoms with Crippen molar-refractivity contribution in [3.8, 4) is 11.5 Å². The van der Waals surface area contributed by atoms with Gasteiger partial charge in [-0.15, -0.1) is 0 Å². The predicted molar refractivity (Wildman–Crippen MR) is 91.9 cm³/mol. The molecule has 0 saturated carbocycles. The van der Waals surface area contributed by atoms with Crippen molar-refractivity contribution in [2.75, 3.05) is 13.7 Å². The lowest BCUT2D eigenvalue weighted by Gasteiger charge is -2.12. The van der Waals surface area contributed by atoms with Crippen LogP contribution in [0.5, 0.6) is 11.5 Å². The number of methoxy groups -OCH3 is 1. The summed E-state index contributed by atoms with van der Waals surface area (Å²) >= 11 is 0. The van der Waals surface area contributed by atoms with Crippen LogP contribution in [0.3, 0.4) is 0 Å². The fourth-order valence-corrected chi connectivity index (χ4v) is 2.46. The van der Waals surface area contributed by atoms with E-state index in [2.05, 4.69) is 10.3 Å². The highest BCUT2D eigenvalue weighted by atomic mass is 16.5. The minimum absolute atomic E-state index is 0.163. The maximum atomic E-state index is 12.3. The van der Waals surface area contributed by atoms with E-state index in [9.17, 15) is 9.59 Å². The van der Waals surface area contributed by atoms with Gasteiger partial charge in [0.05, 0.1) is 13.7 Å². The van der Waals surface area contributed by atoms with Crippen molar-refractivity contribution >= 4 is 5.91 Å². The Hall–Kier alpha value is -2.76. The zero-order valence-corrected chi connectivity index (χ0v) is 14.4. The van der Waals surface area contributed by atoms with E-state index < -0.39 is 0 Å². The third-order valence-corrected chi connectivity index (χ3v) is 3.65. The molecule has 1 heterocycles. The number of hydrogen-bond donors (Lipinski definition) is 2. The Morgan fingerprint density at radius 1 is 1.21 bits per heavy atom.